The van der Waals surface area contributed by atoms with Crippen LogP contribution in [0.15, 0.2) is 71.4 Å². The van der Waals surface area contributed by atoms with Crippen LogP contribution in [0, 0.1) is 10.1 Å². The smallest absolute Gasteiger partial charge is 0.363 e. The molecule has 0 unspecified atom stereocenters. The Labute approximate surface area is 163 Å². The Balaban J connectivity index is 1.78. The van der Waals surface area contributed by atoms with Crippen LogP contribution in [0.1, 0.15) is 37.5 Å². The van der Waals surface area contributed by atoms with Gasteiger partial charge < -0.3 is 4.74 Å². The molecule has 0 atom stereocenters. The standard InChI is InChI=1S/C22H20N2O4/c1-22(2,3)17-12-10-16(11-13-17)20-23-19(21(25)28-20)9-5-7-15-6-4-8-18(14-15)24(26)27/h4-14H,1-3H3/b7-5+,19-9-. The van der Waals surface area contributed by atoms with Gasteiger partial charge in [0.15, 0.2) is 5.70 Å². The Kier molecular flexibility index (Phi) is 5.22. The lowest BCUT2D eigenvalue weighted by atomic mass is 9.87. The van der Waals surface area contributed by atoms with Crippen molar-refractivity contribution in [3.05, 3.63) is 93.2 Å². The van der Waals surface area contributed by atoms with Crippen LogP contribution < -0.4 is 0 Å². The van der Waals surface area contributed by atoms with E-state index in [-0.39, 0.29) is 22.7 Å². The lowest BCUT2D eigenvalue weighted by molar-refractivity contribution is -0.384. The Morgan fingerprint density at radius 2 is 1.82 bits per heavy atom. The molecule has 1 heterocycles. The first kappa shape index (κ1) is 19.2. The maximum absolute atomic E-state index is 12.0. The zero-order chi connectivity index (χ0) is 20.3. The number of carbonyl (C=O) groups excluding carboxylic acids is 1. The Morgan fingerprint density at radius 1 is 1.11 bits per heavy atom. The van der Waals surface area contributed by atoms with Crippen molar-refractivity contribution in [2.45, 2.75) is 26.2 Å². The molecule has 0 N–H and O–H groups in total. The van der Waals surface area contributed by atoms with E-state index >= 15 is 0 Å². The highest BCUT2D eigenvalue weighted by atomic mass is 16.6. The van der Waals surface area contributed by atoms with Gasteiger partial charge in [0.2, 0.25) is 5.90 Å². The molecule has 3 rings (SSSR count). The van der Waals surface area contributed by atoms with E-state index in [1.807, 2.05) is 24.3 Å². The third-order valence-corrected chi connectivity index (χ3v) is 4.24. The van der Waals surface area contributed by atoms with Gasteiger partial charge in [0.25, 0.3) is 5.69 Å². The molecule has 6 heteroatoms. The number of non-ortho nitro benzene ring substituents is 1. The highest BCUT2D eigenvalue weighted by Gasteiger charge is 2.24. The maximum Gasteiger partial charge on any atom is 0.363 e. The number of benzene rings is 2. The molecule has 1 aliphatic rings. The fourth-order valence-corrected chi connectivity index (χ4v) is 2.65. The first-order valence-electron chi connectivity index (χ1n) is 8.79. The number of nitro groups is 1. The molecular formula is C22H20N2O4. The van der Waals surface area contributed by atoms with Crippen molar-refractivity contribution in [3.63, 3.8) is 0 Å². The number of esters is 1. The SMILES string of the molecule is CC(C)(C)c1ccc(C2=N/C(=C\C=C\c3cccc([N+](=O)[O-])c3)C(=O)O2)cc1. The lowest BCUT2D eigenvalue weighted by Gasteiger charge is -2.18. The van der Waals surface area contributed by atoms with Crippen molar-refractivity contribution < 1.29 is 14.5 Å². The highest BCUT2D eigenvalue weighted by Crippen LogP contribution is 2.24. The maximum atomic E-state index is 12.0. The summed E-state index contributed by atoms with van der Waals surface area (Å²) in [5, 5.41) is 10.8. The number of cyclic esters (lactones) is 1. The predicted molar refractivity (Wildman–Crippen MR) is 108 cm³/mol. The highest BCUT2D eigenvalue weighted by molar-refractivity contribution is 6.11. The average molecular weight is 376 g/mol. The minimum absolute atomic E-state index is 0.00842. The predicted octanol–water partition coefficient (Wildman–Crippen LogP) is 4.79. The quantitative estimate of drug-likeness (QED) is 0.332. The first-order chi connectivity index (χ1) is 13.2. The Bertz CT molecular complexity index is 1010. The molecule has 6 nitrogen and oxygen atoms in total. The number of hydrogen-bond donors (Lipinski definition) is 0. The number of rotatable bonds is 4. The molecular weight excluding hydrogens is 356 g/mol. The fourth-order valence-electron chi connectivity index (χ4n) is 2.65. The molecule has 0 radical (unpaired) electrons. The topological polar surface area (TPSA) is 81.8 Å². The van der Waals surface area contributed by atoms with Crippen LogP contribution >= 0.6 is 0 Å². The minimum atomic E-state index is -0.529. The second kappa shape index (κ2) is 7.60. The van der Waals surface area contributed by atoms with Gasteiger partial charge in [0.1, 0.15) is 0 Å². The third-order valence-electron chi connectivity index (χ3n) is 4.24. The van der Waals surface area contributed by atoms with Gasteiger partial charge in [-0.05, 0) is 34.8 Å². The van der Waals surface area contributed by atoms with Crippen LogP contribution in [-0.4, -0.2) is 16.8 Å². The number of carbonyl (C=O) groups is 1. The summed E-state index contributed by atoms with van der Waals surface area (Å²) >= 11 is 0. The van der Waals surface area contributed by atoms with Gasteiger partial charge >= 0.3 is 5.97 Å². The first-order valence-corrected chi connectivity index (χ1v) is 8.79. The van der Waals surface area contributed by atoms with Crippen LogP contribution in [-0.2, 0) is 14.9 Å². The van der Waals surface area contributed by atoms with E-state index in [2.05, 4.69) is 25.8 Å². The van der Waals surface area contributed by atoms with Crippen LogP contribution in [0.2, 0.25) is 0 Å². The largest absolute Gasteiger partial charge is 0.402 e. The molecule has 1 aliphatic heterocycles. The van der Waals surface area contributed by atoms with E-state index < -0.39 is 10.9 Å². The molecule has 28 heavy (non-hydrogen) atoms. The van der Waals surface area contributed by atoms with Crippen LogP contribution in [0.4, 0.5) is 5.69 Å². The van der Waals surface area contributed by atoms with Gasteiger partial charge in [-0.15, -0.1) is 0 Å². The summed E-state index contributed by atoms with van der Waals surface area (Å²) in [5.41, 5.74) is 2.78. The van der Waals surface area contributed by atoms with Gasteiger partial charge in [-0.3, -0.25) is 10.1 Å². The van der Waals surface area contributed by atoms with Gasteiger partial charge in [-0.25, -0.2) is 9.79 Å². The average Bonchev–Trinajstić information content (AvgIpc) is 3.02. The van der Waals surface area contributed by atoms with E-state index in [1.54, 1.807) is 24.3 Å². The molecule has 2 aromatic rings. The molecule has 0 aliphatic carbocycles. The second-order valence-corrected chi connectivity index (χ2v) is 7.40. The number of hydrogen-bond acceptors (Lipinski definition) is 5. The molecule has 0 spiro atoms. The number of allylic oxidation sites excluding steroid dienone is 2. The molecule has 0 amide bonds. The number of ether oxygens (including phenoxy) is 1. The normalized spacial score (nSPS) is 15.8. The van der Waals surface area contributed by atoms with E-state index in [4.69, 9.17) is 4.74 Å². The van der Waals surface area contributed by atoms with Gasteiger partial charge in [-0.2, -0.15) is 0 Å². The van der Waals surface area contributed by atoms with Gasteiger partial charge in [0, 0.05) is 17.7 Å². The van der Waals surface area contributed by atoms with Gasteiger partial charge in [-0.1, -0.05) is 57.2 Å². The zero-order valence-corrected chi connectivity index (χ0v) is 15.9. The number of nitro benzene ring substituents is 1. The molecule has 0 fully saturated rings. The summed E-state index contributed by atoms with van der Waals surface area (Å²) in [7, 11) is 0. The van der Waals surface area contributed by atoms with Crippen LogP contribution in [0.3, 0.4) is 0 Å². The molecule has 2 aromatic carbocycles. The van der Waals surface area contributed by atoms with Crippen molar-refractivity contribution >= 4 is 23.6 Å². The minimum Gasteiger partial charge on any atom is -0.402 e. The lowest BCUT2D eigenvalue weighted by Crippen LogP contribution is -2.11. The molecule has 142 valence electrons. The summed E-state index contributed by atoms with van der Waals surface area (Å²) in [5.74, 6) is -0.265. The number of nitrogens with zero attached hydrogens (tertiary/aromatic N) is 2. The third kappa shape index (κ3) is 4.40. The Hall–Kier alpha value is -3.54. The molecule has 0 bridgehead atoms. The summed E-state index contributed by atoms with van der Waals surface area (Å²) < 4.78 is 5.26. The summed E-state index contributed by atoms with van der Waals surface area (Å²) in [6.45, 7) is 6.39. The second-order valence-electron chi connectivity index (χ2n) is 7.40. The van der Waals surface area contributed by atoms with Crippen molar-refractivity contribution in [1.82, 2.24) is 0 Å². The van der Waals surface area contributed by atoms with E-state index in [1.165, 1.54) is 23.8 Å². The zero-order valence-electron chi connectivity index (χ0n) is 15.9. The monoisotopic (exact) mass is 376 g/mol. The van der Waals surface area contributed by atoms with Crippen molar-refractivity contribution in [3.8, 4) is 0 Å². The summed E-state index contributed by atoms with van der Waals surface area (Å²) in [6.07, 6.45) is 4.81. The summed E-state index contributed by atoms with van der Waals surface area (Å²) in [6, 6.07) is 14.0. The molecule has 0 saturated heterocycles. The number of aliphatic imine (C=N–C) groups is 1. The van der Waals surface area contributed by atoms with Crippen molar-refractivity contribution in [2.24, 2.45) is 4.99 Å². The Morgan fingerprint density at radius 3 is 2.46 bits per heavy atom. The van der Waals surface area contributed by atoms with Crippen molar-refractivity contribution in [1.29, 1.82) is 0 Å². The molecule has 0 saturated carbocycles. The van der Waals surface area contributed by atoms with E-state index in [0.29, 0.717) is 5.56 Å². The van der Waals surface area contributed by atoms with E-state index in [0.717, 1.165) is 5.56 Å². The van der Waals surface area contributed by atoms with Crippen LogP contribution in [0.5, 0.6) is 0 Å². The van der Waals surface area contributed by atoms with Crippen LogP contribution in [0.25, 0.3) is 6.08 Å². The van der Waals surface area contributed by atoms with E-state index in [9.17, 15) is 14.9 Å². The fraction of sp³-hybridized carbons (Fsp3) is 0.182. The van der Waals surface area contributed by atoms with Crippen molar-refractivity contribution in [2.75, 3.05) is 0 Å². The molecule has 0 aromatic heterocycles. The summed E-state index contributed by atoms with van der Waals surface area (Å²) in [4.78, 5) is 26.7. The van der Waals surface area contributed by atoms with Gasteiger partial charge in [0.05, 0.1) is 4.92 Å².